The highest BCUT2D eigenvalue weighted by atomic mass is 19.4. The number of nitrogens with zero attached hydrogens (tertiary/aromatic N) is 4. The van der Waals surface area contributed by atoms with Crippen molar-refractivity contribution in [2.75, 3.05) is 0 Å². The minimum atomic E-state index is -4.66. The van der Waals surface area contributed by atoms with Gasteiger partial charge < -0.3 is 5.73 Å². The number of hydrogen-bond donors (Lipinski definition) is 1. The minimum absolute atomic E-state index is 0.0439. The van der Waals surface area contributed by atoms with E-state index in [2.05, 4.69) is 10.2 Å². The van der Waals surface area contributed by atoms with E-state index in [0.717, 1.165) is 9.96 Å². The average molecular weight is 495 g/mol. The molecular formula is C26H18F5N5. The first kappa shape index (κ1) is 22.5. The van der Waals surface area contributed by atoms with Gasteiger partial charge in [-0.1, -0.05) is 54.6 Å². The highest BCUT2D eigenvalue weighted by Gasteiger charge is 2.55. The molecule has 10 heteroatoms. The highest BCUT2D eigenvalue weighted by molar-refractivity contribution is 5.98. The zero-order valence-electron chi connectivity index (χ0n) is 18.6. The number of alkyl halides is 5. The van der Waals surface area contributed by atoms with E-state index in [4.69, 9.17) is 10.7 Å². The Morgan fingerprint density at radius 1 is 0.861 bits per heavy atom. The van der Waals surface area contributed by atoms with E-state index in [1.807, 2.05) is 30.3 Å². The van der Waals surface area contributed by atoms with Crippen molar-refractivity contribution >= 4 is 16.6 Å². The number of benzene rings is 2. The summed E-state index contributed by atoms with van der Waals surface area (Å²) in [6, 6.07) is 19.5. The molecule has 1 aliphatic carbocycles. The molecule has 1 aliphatic rings. The van der Waals surface area contributed by atoms with E-state index in [1.54, 1.807) is 30.3 Å². The molecule has 0 unspecified atom stereocenters. The lowest BCUT2D eigenvalue weighted by Gasteiger charge is -2.44. The minimum Gasteiger partial charge on any atom is -0.321 e. The summed E-state index contributed by atoms with van der Waals surface area (Å²) in [7, 11) is 0. The van der Waals surface area contributed by atoms with E-state index in [-0.39, 0.29) is 5.65 Å². The second-order valence-corrected chi connectivity index (χ2v) is 9.16. The van der Waals surface area contributed by atoms with Crippen molar-refractivity contribution in [1.82, 2.24) is 19.6 Å². The molecule has 0 atom stereocenters. The summed E-state index contributed by atoms with van der Waals surface area (Å²) in [6.45, 7) is 0. The number of halogens is 5. The third-order valence-corrected chi connectivity index (χ3v) is 6.59. The second kappa shape index (κ2) is 7.54. The Morgan fingerprint density at radius 3 is 2.19 bits per heavy atom. The van der Waals surface area contributed by atoms with Gasteiger partial charge in [-0.2, -0.15) is 13.2 Å². The highest BCUT2D eigenvalue weighted by Crippen LogP contribution is 2.50. The molecule has 182 valence electrons. The maximum Gasteiger partial charge on any atom is 0.452 e. The molecule has 0 radical (unpaired) electrons. The van der Waals surface area contributed by atoms with E-state index in [9.17, 15) is 22.0 Å². The topological polar surface area (TPSA) is 69.1 Å². The first-order chi connectivity index (χ1) is 17.0. The fraction of sp³-hybridized carbons (Fsp3) is 0.192. The Hall–Kier alpha value is -3.92. The molecule has 6 rings (SSSR count). The van der Waals surface area contributed by atoms with E-state index in [1.165, 1.54) is 12.3 Å². The molecule has 36 heavy (non-hydrogen) atoms. The SMILES string of the molecule is NC1(c2ccc(-c3nc4ccn5c(C(F)(F)F)nnc5c4cc3-c3ccccc3)cc2)CC(F)(F)C1. The standard InChI is InChI=1S/C26H18F5N5/c27-25(28)13-24(32,14-25)17-8-6-16(7-9-17)21-18(15-4-2-1-3-5-15)12-19-20(33-21)10-11-36-22(19)34-35-23(36)26(29,30)31/h1-12H,13-14,32H2. The maximum atomic E-state index is 13.5. The van der Waals surface area contributed by atoms with Crippen LogP contribution in [-0.2, 0) is 11.7 Å². The van der Waals surface area contributed by atoms with E-state index >= 15 is 0 Å². The Bertz CT molecular complexity index is 1600. The summed E-state index contributed by atoms with van der Waals surface area (Å²) in [5, 5.41) is 7.56. The van der Waals surface area contributed by atoms with Crippen LogP contribution in [-0.4, -0.2) is 25.5 Å². The van der Waals surface area contributed by atoms with Crippen molar-refractivity contribution in [3.8, 4) is 22.4 Å². The molecular weight excluding hydrogens is 477 g/mol. The maximum absolute atomic E-state index is 13.5. The van der Waals surface area contributed by atoms with Crippen LogP contribution in [0.4, 0.5) is 22.0 Å². The fourth-order valence-corrected chi connectivity index (χ4v) is 4.88. The lowest BCUT2D eigenvalue weighted by atomic mass is 9.70. The van der Waals surface area contributed by atoms with Gasteiger partial charge in [0.25, 0.3) is 5.92 Å². The van der Waals surface area contributed by atoms with Crippen LogP contribution in [0.3, 0.4) is 0 Å². The predicted octanol–water partition coefficient (Wildman–Crippen LogP) is 6.21. The van der Waals surface area contributed by atoms with Gasteiger partial charge in [0.1, 0.15) is 0 Å². The fourth-order valence-electron chi connectivity index (χ4n) is 4.88. The van der Waals surface area contributed by atoms with Gasteiger partial charge in [-0.05, 0) is 23.3 Å². The summed E-state index contributed by atoms with van der Waals surface area (Å²) in [5.74, 6) is -3.87. The van der Waals surface area contributed by atoms with E-state index in [0.29, 0.717) is 33.3 Å². The molecule has 3 aromatic heterocycles. The van der Waals surface area contributed by atoms with Crippen molar-refractivity contribution in [2.45, 2.75) is 30.5 Å². The van der Waals surface area contributed by atoms with Gasteiger partial charge in [0.15, 0.2) is 5.65 Å². The zero-order chi connectivity index (χ0) is 25.3. The monoisotopic (exact) mass is 495 g/mol. The first-order valence-corrected chi connectivity index (χ1v) is 11.1. The number of hydrogen-bond acceptors (Lipinski definition) is 4. The third kappa shape index (κ3) is 3.60. The predicted molar refractivity (Wildman–Crippen MR) is 124 cm³/mol. The number of nitrogens with two attached hydrogens (primary N) is 1. The number of aromatic nitrogens is 4. The molecule has 5 nitrogen and oxygen atoms in total. The normalized spacial score (nSPS) is 16.8. The van der Waals surface area contributed by atoms with Crippen molar-refractivity contribution in [2.24, 2.45) is 5.73 Å². The lowest BCUT2D eigenvalue weighted by molar-refractivity contribution is -0.145. The van der Waals surface area contributed by atoms with Gasteiger partial charge in [0.05, 0.1) is 16.7 Å². The van der Waals surface area contributed by atoms with Gasteiger partial charge in [0.2, 0.25) is 5.82 Å². The van der Waals surface area contributed by atoms with Crippen LogP contribution >= 0.6 is 0 Å². The molecule has 0 spiro atoms. The quantitative estimate of drug-likeness (QED) is 0.302. The van der Waals surface area contributed by atoms with Crippen molar-refractivity contribution in [3.63, 3.8) is 0 Å². The van der Waals surface area contributed by atoms with Gasteiger partial charge in [0, 0.05) is 35.6 Å². The molecule has 1 saturated carbocycles. The van der Waals surface area contributed by atoms with Crippen LogP contribution in [0.1, 0.15) is 24.2 Å². The van der Waals surface area contributed by atoms with Crippen molar-refractivity contribution < 1.29 is 22.0 Å². The zero-order valence-corrected chi connectivity index (χ0v) is 18.6. The smallest absolute Gasteiger partial charge is 0.321 e. The molecule has 0 amide bonds. The second-order valence-electron chi connectivity index (χ2n) is 9.16. The van der Waals surface area contributed by atoms with Crippen molar-refractivity contribution in [3.05, 3.63) is 84.3 Å². The average Bonchev–Trinajstić information content (AvgIpc) is 3.28. The van der Waals surface area contributed by atoms with Crippen LogP contribution in [0.15, 0.2) is 72.9 Å². The van der Waals surface area contributed by atoms with Crippen LogP contribution in [0, 0.1) is 0 Å². The van der Waals surface area contributed by atoms with Crippen LogP contribution in [0.5, 0.6) is 0 Å². The molecule has 2 aromatic carbocycles. The third-order valence-electron chi connectivity index (χ3n) is 6.59. The largest absolute Gasteiger partial charge is 0.452 e. The summed E-state index contributed by atoms with van der Waals surface area (Å²) in [5.41, 5.74) is 8.99. The van der Waals surface area contributed by atoms with Crippen LogP contribution < -0.4 is 5.73 Å². The Labute approximate surface area is 201 Å². The summed E-state index contributed by atoms with van der Waals surface area (Å²) in [4.78, 5) is 4.78. The lowest BCUT2D eigenvalue weighted by Crippen LogP contribution is -2.55. The summed E-state index contributed by atoms with van der Waals surface area (Å²) >= 11 is 0. The van der Waals surface area contributed by atoms with Gasteiger partial charge in [-0.3, -0.25) is 4.40 Å². The molecule has 3 heterocycles. The number of rotatable bonds is 3. The molecule has 0 aliphatic heterocycles. The molecule has 5 aromatic rings. The Kier molecular flexibility index (Phi) is 4.72. The molecule has 1 fully saturated rings. The summed E-state index contributed by atoms with van der Waals surface area (Å²) < 4.78 is 68.0. The van der Waals surface area contributed by atoms with Crippen molar-refractivity contribution in [1.29, 1.82) is 0 Å². The van der Waals surface area contributed by atoms with E-state index < -0.39 is 36.3 Å². The van der Waals surface area contributed by atoms with Crippen LogP contribution in [0.25, 0.3) is 38.9 Å². The Balaban J connectivity index is 1.52. The number of fused-ring (bicyclic) bond motifs is 3. The van der Waals surface area contributed by atoms with Gasteiger partial charge in [-0.15, -0.1) is 10.2 Å². The Morgan fingerprint density at radius 2 is 1.56 bits per heavy atom. The molecule has 2 N–H and O–H groups in total. The van der Waals surface area contributed by atoms with Gasteiger partial charge >= 0.3 is 6.18 Å². The van der Waals surface area contributed by atoms with Gasteiger partial charge in [-0.25, -0.2) is 13.8 Å². The molecule has 0 bridgehead atoms. The first-order valence-electron chi connectivity index (χ1n) is 11.1. The van der Waals surface area contributed by atoms with Crippen LogP contribution in [0.2, 0.25) is 0 Å². The number of pyridine rings is 2. The summed E-state index contributed by atoms with van der Waals surface area (Å²) in [6.07, 6.45) is -4.22. The molecule has 0 saturated heterocycles.